The Morgan fingerprint density at radius 1 is 1.33 bits per heavy atom. The fourth-order valence-electron chi connectivity index (χ4n) is 1.80. The Morgan fingerprint density at radius 2 is 2.11 bits per heavy atom. The maximum absolute atomic E-state index is 5.29. The van der Waals surface area contributed by atoms with Crippen molar-refractivity contribution in [3.05, 3.63) is 36.4 Å². The summed E-state index contributed by atoms with van der Waals surface area (Å²) in [6.45, 7) is 4.79. The average Bonchev–Trinajstić information content (AvgIpc) is 2.85. The van der Waals surface area contributed by atoms with E-state index < -0.39 is 0 Å². The van der Waals surface area contributed by atoms with E-state index in [0.717, 1.165) is 17.3 Å². The van der Waals surface area contributed by atoms with E-state index in [1.807, 2.05) is 28.9 Å². The first kappa shape index (κ1) is 12.4. The van der Waals surface area contributed by atoms with Gasteiger partial charge in [-0.1, -0.05) is 12.1 Å². The lowest BCUT2D eigenvalue weighted by Gasteiger charge is -2.12. The maximum atomic E-state index is 5.29. The highest BCUT2D eigenvalue weighted by atomic mass is 16.5. The average molecular weight is 246 g/mol. The van der Waals surface area contributed by atoms with Crippen LogP contribution in [-0.2, 0) is 6.54 Å². The third-order valence-corrected chi connectivity index (χ3v) is 2.68. The van der Waals surface area contributed by atoms with Crippen molar-refractivity contribution >= 4 is 5.69 Å². The van der Waals surface area contributed by atoms with Crippen molar-refractivity contribution in [2.24, 2.45) is 0 Å². The summed E-state index contributed by atoms with van der Waals surface area (Å²) in [5.41, 5.74) is 0.957. The number of methoxy groups -OCH3 is 1. The number of hydrogen-bond donors (Lipinski definition) is 1. The molecule has 0 bridgehead atoms. The number of aromatic nitrogens is 3. The highest BCUT2D eigenvalue weighted by Gasteiger charge is 2.08. The molecule has 5 heteroatoms. The first-order valence-electron chi connectivity index (χ1n) is 5.97. The molecule has 1 aromatic heterocycles. The molecular weight excluding hydrogens is 228 g/mol. The molecule has 0 saturated carbocycles. The van der Waals surface area contributed by atoms with E-state index in [4.69, 9.17) is 4.74 Å². The molecule has 2 aromatic rings. The van der Waals surface area contributed by atoms with Gasteiger partial charge in [0.1, 0.15) is 17.9 Å². The van der Waals surface area contributed by atoms with Crippen LogP contribution in [-0.4, -0.2) is 21.9 Å². The molecule has 0 radical (unpaired) electrons. The van der Waals surface area contributed by atoms with Gasteiger partial charge in [-0.2, -0.15) is 5.10 Å². The van der Waals surface area contributed by atoms with Gasteiger partial charge in [0.05, 0.1) is 19.3 Å². The van der Waals surface area contributed by atoms with Crippen LogP contribution in [0.4, 0.5) is 5.69 Å². The third-order valence-electron chi connectivity index (χ3n) is 2.68. The van der Waals surface area contributed by atoms with Gasteiger partial charge in [-0.15, -0.1) is 0 Å². The molecule has 0 amide bonds. The predicted octanol–water partition coefficient (Wildman–Crippen LogP) is 2.48. The summed E-state index contributed by atoms with van der Waals surface area (Å²) in [4.78, 5) is 4.26. The van der Waals surface area contributed by atoms with Crippen LogP contribution >= 0.6 is 0 Å². The summed E-state index contributed by atoms with van der Waals surface area (Å²) in [6.07, 6.45) is 1.58. The van der Waals surface area contributed by atoms with E-state index in [0.29, 0.717) is 12.6 Å². The van der Waals surface area contributed by atoms with Gasteiger partial charge in [0.15, 0.2) is 0 Å². The highest BCUT2D eigenvalue weighted by molar-refractivity contribution is 5.55. The molecule has 0 fully saturated rings. The molecule has 2 rings (SSSR count). The lowest BCUT2D eigenvalue weighted by molar-refractivity contribution is 0.416. The SMILES string of the molecule is COc1ccccc1NCc1ncnn1C(C)C. The minimum absolute atomic E-state index is 0.307. The summed E-state index contributed by atoms with van der Waals surface area (Å²) in [5.74, 6) is 1.74. The molecule has 1 aromatic carbocycles. The normalized spacial score (nSPS) is 10.7. The van der Waals surface area contributed by atoms with Crippen molar-refractivity contribution in [3.63, 3.8) is 0 Å². The Kier molecular flexibility index (Phi) is 3.82. The van der Waals surface area contributed by atoms with Gasteiger partial charge in [-0.25, -0.2) is 9.67 Å². The third kappa shape index (κ3) is 2.61. The number of hydrogen-bond acceptors (Lipinski definition) is 4. The molecule has 0 unspecified atom stereocenters. The second kappa shape index (κ2) is 5.53. The number of ether oxygens (including phenoxy) is 1. The van der Waals surface area contributed by atoms with Crippen LogP contribution in [0.2, 0.25) is 0 Å². The van der Waals surface area contributed by atoms with Crippen molar-refractivity contribution < 1.29 is 4.74 Å². The fourth-order valence-corrected chi connectivity index (χ4v) is 1.80. The molecule has 18 heavy (non-hydrogen) atoms. The Morgan fingerprint density at radius 3 is 2.83 bits per heavy atom. The second-order valence-electron chi connectivity index (χ2n) is 4.27. The van der Waals surface area contributed by atoms with Gasteiger partial charge in [0, 0.05) is 6.04 Å². The molecule has 1 heterocycles. The summed E-state index contributed by atoms with van der Waals surface area (Å²) < 4.78 is 7.19. The molecule has 0 atom stereocenters. The zero-order valence-corrected chi connectivity index (χ0v) is 10.9. The molecule has 5 nitrogen and oxygen atoms in total. The van der Waals surface area contributed by atoms with Crippen LogP contribution in [0.3, 0.4) is 0 Å². The number of benzene rings is 1. The summed E-state index contributed by atoms with van der Waals surface area (Å²) in [5, 5.41) is 7.52. The zero-order chi connectivity index (χ0) is 13.0. The molecule has 0 aliphatic heterocycles. The van der Waals surface area contributed by atoms with Gasteiger partial charge in [-0.3, -0.25) is 0 Å². The van der Waals surface area contributed by atoms with Crippen molar-refractivity contribution in [1.29, 1.82) is 0 Å². The van der Waals surface area contributed by atoms with Crippen molar-refractivity contribution in [2.45, 2.75) is 26.4 Å². The molecule has 0 saturated heterocycles. The largest absolute Gasteiger partial charge is 0.495 e. The molecule has 0 spiro atoms. The fraction of sp³-hybridized carbons (Fsp3) is 0.385. The van der Waals surface area contributed by atoms with Crippen LogP contribution in [0.1, 0.15) is 25.7 Å². The van der Waals surface area contributed by atoms with Crippen molar-refractivity contribution in [3.8, 4) is 5.75 Å². The lowest BCUT2D eigenvalue weighted by atomic mass is 10.3. The zero-order valence-electron chi connectivity index (χ0n) is 10.9. The molecule has 0 aliphatic carbocycles. The van der Waals surface area contributed by atoms with Crippen LogP contribution in [0, 0.1) is 0 Å². The van der Waals surface area contributed by atoms with Crippen LogP contribution < -0.4 is 10.1 Å². The molecule has 0 aliphatic rings. The Bertz CT molecular complexity index is 507. The quantitative estimate of drug-likeness (QED) is 0.880. The van der Waals surface area contributed by atoms with Crippen molar-refractivity contribution in [2.75, 3.05) is 12.4 Å². The number of nitrogens with one attached hydrogen (secondary N) is 1. The summed E-state index contributed by atoms with van der Waals surface area (Å²) >= 11 is 0. The number of para-hydroxylation sites is 2. The van der Waals surface area contributed by atoms with Gasteiger partial charge in [0.2, 0.25) is 0 Å². The van der Waals surface area contributed by atoms with Crippen molar-refractivity contribution in [1.82, 2.24) is 14.8 Å². The van der Waals surface area contributed by atoms with E-state index in [1.54, 1.807) is 13.4 Å². The lowest BCUT2D eigenvalue weighted by Crippen LogP contribution is -2.12. The topological polar surface area (TPSA) is 52.0 Å². The smallest absolute Gasteiger partial charge is 0.146 e. The van der Waals surface area contributed by atoms with E-state index in [-0.39, 0.29) is 0 Å². The minimum Gasteiger partial charge on any atom is -0.495 e. The van der Waals surface area contributed by atoms with E-state index in [9.17, 15) is 0 Å². The monoisotopic (exact) mass is 246 g/mol. The maximum Gasteiger partial charge on any atom is 0.146 e. The Hall–Kier alpha value is -2.04. The van der Waals surface area contributed by atoms with Crippen LogP contribution in [0.5, 0.6) is 5.75 Å². The highest BCUT2D eigenvalue weighted by Crippen LogP contribution is 2.23. The van der Waals surface area contributed by atoms with E-state index in [2.05, 4.69) is 29.2 Å². The van der Waals surface area contributed by atoms with E-state index in [1.165, 1.54) is 0 Å². The van der Waals surface area contributed by atoms with Gasteiger partial charge < -0.3 is 10.1 Å². The molecular formula is C13H18N4O. The van der Waals surface area contributed by atoms with Gasteiger partial charge >= 0.3 is 0 Å². The van der Waals surface area contributed by atoms with Gasteiger partial charge in [0.25, 0.3) is 0 Å². The van der Waals surface area contributed by atoms with Crippen LogP contribution in [0.25, 0.3) is 0 Å². The number of rotatable bonds is 5. The van der Waals surface area contributed by atoms with Crippen LogP contribution in [0.15, 0.2) is 30.6 Å². The first-order chi connectivity index (χ1) is 8.72. The predicted molar refractivity (Wildman–Crippen MR) is 70.7 cm³/mol. The second-order valence-corrected chi connectivity index (χ2v) is 4.27. The standard InChI is InChI=1S/C13H18N4O/c1-10(2)17-13(15-9-16-17)8-14-11-6-4-5-7-12(11)18-3/h4-7,9-10,14H,8H2,1-3H3. The molecule has 1 N–H and O–H groups in total. The number of nitrogens with zero attached hydrogens (tertiary/aromatic N) is 3. The van der Waals surface area contributed by atoms with E-state index >= 15 is 0 Å². The first-order valence-corrected chi connectivity index (χ1v) is 5.97. The number of anilines is 1. The summed E-state index contributed by atoms with van der Waals surface area (Å²) in [7, 11) is 1.66. The molecule has 96 valence electrons. The van der Waals surface area contributed by atoms with Gasteiger partial charge in [-0.05, 0) is 26.0 Å². The minimum atomic E-state index is 0.307. The summed E-state index contributed by atoms with van der Waals surface area (Å²) in [6, 6.07) is 8.13. The Balaban J connectivity index is 2.09. The Labute approximate surface area is 107 Å².